The first-order chi connectivity index (χ1) is 19.9. The number of amides is 1. The summed E-state index contributed by atoms with van der Waals surface area (Å²) in [5, 5.41) is 6.86. The van der Waals surface area contributed by atoms with E-state index in [9.17, 15) is 9.59 Å². The Morgan fingerprint density at radius 1 is 1.24 bits per heavy atom. The van der Waals surface area contributed by atoms with Gasteiger partial charge >= 0.3 is 5.30 Å². The molecule has 1 amide bonds. The molecule has 0 radical (unpaired) electrons. The highest BCUT2D eigenvalue weighted by molar-refractivity contribution is 8.12. The smallest absolute Gasteiger partial charge is 0.364 e. The van der Waals surface area contributed by atoms with Crippen LogP contribution < -0.4 is 19.9 Å². The topological polar surface area (TPSA) is 127 Å². The summed E-state index contributed by atoms with van der Waals surface area (Å²) >= 11 is 0.796. The van der Waals surface area contributed by atoms with Gasteiger partial charge in [-0.2, -0.15) is 0 Å². The van der Waals surface area contributed by atoms with Crippen LogP contribution in [0.5, 0.6) is 17.2 Å². The number of carboxylic acid groups (broad SMARTS) is 1. The summed E-state index contributed by atoms with van der Waals surface area (Å²) in [5.74, 6) is 2.58. The van der Waals surface area contributed by atoms with Crippen molar-refractivity contribution in [3.63, 3.8) is 0 Å². The number of pyridine rings is 1. The van der Waals surface area contributed by atoms with E-state index in [1.807, 2.05) is 23.2 Å². The quantitative estimate of drug-likeness (QED) is 0.342. The maximum Gasteiger partial charge on any atom is 0.364 e. The molecular weight excluding hydrogens is 544 g/mol. The van der Waals surface area contributed by atoms with Crippen molar-refractivity contribution >= 4 is 23.0 Å². The zero-order valence-electron chi connectivity index (χ0n) is 24.4. The number of nitrogens with two attached hydrogens (primary N) is 1. The molecule has 41 heavy (non-hydrogen) atoms. The number of carbonyl (C=O) groups excluding carboxylic acids is 1. The van der Waals surface area contributed by atoms with Crippen LogP contribution in [0.25, 0.3) is 0 Å². The van der Waals surface area contributed by atoms with Gasteiger partial charge in [-0.05, 0) is 92.4 Å². The number of thioether (sulfide) groups is 1. The Morgan fingerprint density at radius 3 is 2.68 bits per heavy atom. The molecule has 0 bridgehead atoms. The molecule has 0 aliphatic carbocycles. The van der Waals surface area contributed by atoms with Gasteiger partial charge in [-0.3, -0.25) is 14.7 Å². The summed E-state index contributed by atoms with van der Waals surface area (Å²) in [5.41, 5.74) is 8.00. The number of likely N-dealkylation sites (tertiary alicyclic amines) is 1. The number of hydrogen-bond donors (Lipinski definition) is 2. The molecule has 11 heteroatoms. The lowest BCUT2D eigenvalue weighted by atomic mass is 9.94. The van der Waals surface area contributed by atoms with Crippen LogP contribution in [0, 0.1) is 0 Å². The van der Waals surface area contributed by atoms with Crippen LogP contribution in [-0.2, 0) is 11.2 Å². The van der Waals surface area contributed by atoms with E-state index in [0.717, 1.165) is 81.4 Å². The maximum absolute atomic E-state index is 13.4. The van der Waals surface area contributed by atoms with E-state index in [2.05, 4.69) is 35.0 Å². The Bertz CT molecular complexity index is 1100. The minimum atomic E-state index is -0.829. The van der Waals surface area contributed by atoms with Gasteiger partial charge in [-0.15, -0.1) is 0 Å². The van der Waals surface area contributed by atoms with Gasteiger partial charge in [0, 0.05) is 37.6 Å². The Labute approximate surface area is 247 Å². The van der Waals surface area contributed by atoms with Crippen LogP contribution in [0.15, 0.2) is 36.5 Å². The molecule has 1 aromatic carbocycles. The van der Waals surface area contributed by atoms with Crippen molar-refractivity contribution in [1.29, 1.82) is 0 Å². The zero-order chi connectivity index (χ0) is 29.6. The summed E-state index contributed by atoms with van der Waals surface area (Å²) in [6.07, 6.45) is 9.09. The Balaban J connectivity index is 0.000000850. The van der Waals surface area contributed by atoms with Gasteiger partial charge < -0.3 is 30.0 Å². The molecule has 1 aromatic heterocycles. The van der Waals surface area contributed by atoms with E-state index < -0.39 is 5.30 Å². The Morgan fingerprint density at radius 2 is 2.02 bits per heavy atom. The summed E-state index contributed by atoms with van der Waals surface area (Å²) in [7, 11) is 1.66. The molecule has 3 heterocycles. The van der Waals surface area contributed by atoms with Gasteiger partial charge in [0.25, 0.3) is 0 Å². The molecule has 2 aliphatic heterocycles. The fourth-order valence-electron chi connectivity index (χ4n) is 5.23. The fraction of sp³-hybridized carbons (Fsp3) is 0.567. The number of aryl methyl sites for hydroxylation is 1. The standard InChI is InChI=1S/C28H40N4O4.C2H4O2S/c1-3-4-13-31(14-7-11-29)27(33)19-32-18-22(15-24(32)10-9-23-8-5-6-12-30-23)21-16-25(34-2)28-26(17-21)35-20-36-28;1-5-2(3)4/h5-6,8,12,16-17,22,24H,3-4,7,9-11,13-15,18-20,29H2,1-2H3;1H3,(H,3,4). The number of fused-ring (bicyclic) bond motifs is 1. The van der Waals surface area contributed by atoms with Crippen LogP contribution in [0.1, 0.15) is 56.2 Å². The van der Waals surface area contributed by atoms with Crippen molar-refractivity contribution in [3.8, 4) is 17.2 Å². The lowest BCUT2D eigenvalue weighted by Gasteiger charge is -2.28. The predicted molar refractivity (Wildman–Crippen MR) is 161 cm³/mol. The summed E-state index contributed by atoms with van der Waals surface area (Å²) in [6.45, 7) is 5.74. The molecule has 2 aliphatic rings. The lowest BCUT2D eigenvalue weighted by Crippen LogP contribution is -2.43. The van der Waals surface area contributed by atoms with Gasteiger partial charge in [-0.25, -0.2) is 4.79 Å². The first-order valence-corrected chi connectivity index (χ1v) is 15.5. The molecule has 0 spiro atoms. The molecule has 1 fully saturated rings. The number of unbranched alkanes of at least 4 members (excludes halogenated alkanes) is 1. The summed E-state index contributed by atoms with van der Waals surface area (Å²) in [4.78, 5) is 31.6. The first-order valence-electron chi connectivity index (χ1n) is 14.3. The average molecular weight is 589 g/mol. The molecular formula is C30H44N4O6S. The van der Waals surface area contributed by atoms with Crippen LogP contribution in [0.3, 0.4) is 0 Å². The number of benzene rings is 1. The molecule has 0 saturated carbocycles. The normalized spacial score (nSPS) is 17.6. The van der Waals surface area contributed by atoms with E-state index in [1.165, 1.54) is 11.8 Å². The molecule has 3 N–H and O–H groups in total. The minimum absolute atomic E-state index is 0.198. The van der Waals surface area contributed by atoms with Gasteiger partial charge in [-0.1, -0.05) is 19.4 Å². The van der Waals surface area contributed by atoms with Crippen molar-refractivity contribution in [2.45, 2.75) is 57.4 Å². The van der Waals surface area contributed by atoms with Crippen LogP contribution in [0.2, 0.25) is 0 Å². The van der Waals surface area contributed by atoms with Crippen LogP contribution in [-0.4, -0.2) is 90.0 Å². The van der Waals surface area contributed by atoms with E-state index in [1.54, 1.807) is 7.11 Å². The molecule has 4 rings (SSSR count). The highest BCUT2D eigenvalue weighted by atomic mass is 32.2. The SMILES string of the molecule is CCCCN(CCCN)C(=O)CN1CC(c2cc(OC)c3c(c2)OCO3)CC1CCc1ccccn1.CSC(=O)O. The number of carbonyl (C=O) groups is 2. The minimum Gasteiger partial charge on any atom is -0.493 e. The number of rotatable bonds is 13. The number of aromatic nitrogens is 1. The van der Waals surface area contributed by atoms with Crippen molar-refractivity contribution in [1.82, 2.24) is 14.8 Å². The van der Waals surface area contributed by atoms with E-state index in [0.29, 0.717) is 30.6 Å². The van der Waals surface area contributed by atoms with E-state index in [4.69, 9.17) is 25.1 Å². The van der Waals surface area contributed by atoms with Gasteiger partial charge in [0.05, 0.1) is 13.7 Å². The van der Waals surface area contributed by atoms with Crippen molar-refractivity contribution in [2.24, 2.45) is 5.73 Å². The highest BCUT2D eigenvalue weighted by Gasteiger charge is 2.36. The van der Waals surface area contributed by atoms with Crippen molar-refractivity contribution in [3.05, 3.63) is 47.8 Å². The Hall–Kier alpha value is -3.02. The second kappa shape index (κ2) is 17.1. The van der Waals surface area contributed by atoms with Crippen molar-refractivity contribution < 1.29 is 28.9 Å². The third-order valence-corrected chi connectivity index (χ3v) is 7.77. The largest absolute Gasteiger partial charge is 0.493 e. The fourth-order valence-corrected chi connectivity index (χ4v) is 5.23. The third-order valence-electron chi connectivity index (χ3n) is 7.42. The average Bonchev–Trinajstić information content (AvgIpc) is 3.63. The molecule has 2 unspecified atom stereocenters. The second-order valence-corrected chi connectivity index (χ2v) is 10.9. The zero-order valence-corrected chi connectivity index (χ0v) is 25.2. The summed E-state index contributed by atoms with van der Waals surface area (Å²) in [6, 6.07) is 10.5. The highest BCUT2D eigenvalue weighted by Crippen LogP contribution is 2.45. The second-order valence-electron chi connectivity index (χ2n) is 10.2. The molecule has 2 atom stereocenters. The molecule has 2 aromatic rings. The number of hydrogen-bond acceptors (Lipinski definition) is 9. The molecule has 1 saturated heterocycles. The monoisotopic (exact) mass is 588 g/mol. The van der Waals surface area contributed by atoms with Gasteiger partial charge in [0.15, 0.2) is 11.5 Å². The lowest BCUT2D eigenvalue weighted by molar-refractivity contribution is -0.132. The van der Waals surface area contributed by atoms with Crippen molar-refractivity contribution in [2.75, 3.05) is 52.9 Å². The van der Waals surface area contributed by atoms with E-state index >= 15 is 0 Å². The number of nitrogens with zero attached hydrogens (tertiary/aromatic N) is 3. The van der Waals surface area contributed by atoms with Gasteiger partial charge in [0.2, 0.25) is 18.4 Å². The Kier molecular flexibility index (Phi) is 13.5. The van der Waals surface area contributed by atoms with E-state index in [-0.39, 0.29) is 18.6 Å². The maximum atomic E-state index is 13.4. The third kappa shape index (κ3) is 9.79. The number of ether oxygens (including phenoxy) is 3. The first kappa shape index (κ1) is 32.5. The molecule has 10 nitrogen and oxygen atoms in total. The van der Waals surface area contributed by atoms with Gasteiger partial charge in [0.1, 0.15) is 0 Å². The van der Waals surface area contributed by atoms with Crippen LogP contribution >= 0.6 is 11.8 Å². The molecule has 226 valence electrons. The van der Waals surface area contributed by atoms with Crippen LogP contribution in [0.4, 0.5) is 4.79 Å². The summed E-state index contributed by atoms with van der Waals surface area (Å²) < 4.78 is 16.9. The number of methoxy groups -OCH3 is 1. The predicted octanol–water partition coefficient (Wildman–Crippen LogP) is 4.61.